The van der Waals surface area contributed by atoms with Crippen molar-refractivity contribution in [2.24, 2.45) is 5.92 Å². The minimum Gasteiger partial charge on any atom is -0.489 e. The lowest BCUT2D eigenvalue weighted by Crippen LogP contribution is -2.32. The maximum atomic E-state index is 12.5. The molecule has 1 aromatic carbocycles. The number of hydrogen-bond acceptors (Lipinski definition) is 4. The second-order valence-electron chi connectivity index (χ2n) is 5.88. The Hall–Kier alpha value is -2.83. The number of nitrogens with zero attached hydrogens (tertiary/aromatic N) is 3. The van der Waals surface area contributed by atoms with Gasteiger partial charge < -0.3 is 14.7 Å². The van der Waals surface area contributed by atoms with E-state index in [-0.39, 0.29) is 11.6 Å². The SMILES string of the molecule is CC(C)COc1cn(-c2ccccc2)nc1C(=O)N(C)CC(=O)O. The Bertz CT molecular complexity index is 710. The van der Waals surface area contributed by atoms with E-state index in [9.17, 15) is 9.59 Å². The second-order valence-corrected chi connectivity index (χ2v) is 5.88. The van der Waals surface area contributed by atoms with Gasteiger partial charge in [0, 0.05) is 7.05 Å². The third-order valence-corrected chi connectivity index (χ3v) is 3.20. The lowest BCUT2D eigenvalue weighted by atomic mass is 10.2. The van der Waals surface area contributed by atoms with E-state index in [0.717, 1.165) is 10.6 Å². The standard InChI is InChI=1S/C17H21N3O4/c1-12(2)11-24-14-9-20(13-7-5-4-6-8-13)18-16(14)17(23)19(3)10-15(21)22/h4-9,12H,10-11H2,1-3H3,(H,21,22). The fourth-order valence-corrected chi connectivity index (χ4v) is 2.04. The smallest absolute Gasteiger partial charge is 0.323 e. The van der Waals surface area contributed by atoms with Crippen LogP contribution in [0.25, 0.3) is 5.69 Å². The van der Waals surface area contributed by atoms with Crippen LogP contribution >= 0.6 is 0 Å². The number of aromatic nitrogens is 2. The summed E-state index contributed by atoms with van der Waals surface area (Å²) in [4.78, 5) is 24.4. The topological polar surface area (TPSA) is 84.7 Å². The molecule has 0 unspecified atom stereocenters. The molecule has 0 saturated heterocycles. The first kappa shape index (κ1) is 17.5. The molecule has 0 radical (unpaired) electrons. The predicted molar refractivity (Wildman–Crippen MR) is 88.5 cm³/mol. The van der Waals surface area contributed by atoms with Crippen LogP contribution in [0.2, 0.25) is 0 Å². The van der Waals surface area contributed by atoms with Crippen molar-refractivity contribution < 1.29 is 19.4 Å². The molecule has 128 valence electrons. The molecule has 1 aromatic heterocycles. The van der Waals surface area contributed by atoms with Crippen LogP contribution in [0.3, 0.4) is 0 Å². The Balaban J connectivity index is 2.34. The van der Waals surface area contributed by atoms with Crippen molar-refractivity contribution in [1.29, 1.82) is 0 Å². The monoisotopic (exact) mass is 331 g/mol. The quantitative estimate of drug-likeness (QED) is 0.839. The van der Waals surface area contributed by atoms with Gasteiger partial charge in [0.2, 0.25) is 0 Å². The van der Waals surface area contributed by atoms with Gasteiger partial charge >= 0.3 is 5.97 Å². The van der Waals surface area contributed by atoms with Crippen molar-refractivity contribution in [2.75, 3.05) is 20.2 Å². The number of rotatable bonds is 7. The summed E-state index contributed by atoms with van der Waals surface area (Å²) in [5, 5.41) is 13.2. The number of amides is 1. The number of carbonyl (C=O) groups excluding carboxylic acids is 1. The molecule has 24 heavy (non-hydrogen) atoms. The van der Waals surface area contributed by atoms with Crippen molar-refractivity contribution in [3.63, 3.8) is 0 Å². The Labute approximate surface area is 140 Å². The van der Waals surface area contributed by atoms with Crippen molar-refractivity contribution >= 4 is 11.9 Å². The van der Waals surface area contributed by atoms with Crippen LogP contribution in [-0.2, 0) is 4.79 Å². The molecule has 0 atom stereocenters. The molecule has 7 nitrogen and oxygen atoms in total. The summed E-state index contributed by atoms with van der Waals surface area (Å²) in [5.74, 6) is -0.955. The van der Waals surface area contributed by atoms with Crippen LogP contribution in [0.4, 0.5) is 0 Å². The number of ether oxygens (including phenoxy) is 1. The van der Waals surface area contributed by atoms with Crippen molar-refractivity contribution in [2.45, 2.75) is 13.8 Å². The van der Waals surface area contributed by atoms with Gasteiger partial charge in [-0.3, -0.25) is 9.59 Å². The van der Waals surface area contributed by atoms with E-state index in [1.807, 2.05) is 44.2 Å². The van der Waals surface area contributed by atoms with Gasteiger partial charge in [-0.1, -0.05) is 32.0 Å². The molecule has 0 saturated carbocycles. The fourth-order valence-electron chi connectivity index (χ4n) is 2.04. The minimum atomic E-state index is -1.09. The van der Waals surface area contributed by atoms with E-state index in [4.69, 9.17) is 9.84 Å². The first-order chi connectivity index (χ1) is 11.4. The molecule has 7 heteroatoms. The molecule has 0 spiro atoms. The molecule has 0 aliphatic rings. The Kier molecular flexibility index (Phi) is 5.57. The third kappa shape index (κ3) is 4.34. The molecule has 0 aliphatic heterocycles. The van der Waals surface area contributed by atoms with Crippen molar-refractivity contribution in [3.8, 4) is 11.4 Å². The maximum Gasteiger partial charge on any atom is 0.323 e. The predicted octanol–water partition coefficient (Wildman–Crippen LogP) is 2.06. The van der Waals surface area contributed by atoms with Gasteiger partial charge in [-0.2, -0.15) is 5.10 Å². The molecule has 1 heterocycles. The summed E-state index contributed by atoms with van der Waals surface area (Å²) in [6.07, 6.45) is 1.64. The Morgan fingerprint density at radius 3 is 2.54 bits per heavy atom. The average molecular weight is 331 g/mol. The van der Waals surface area contributed by atoms with E-state index < -0.39 is 18.4 Å². The molecule has 0 bridgehead atoms. The minimum absolute atomic E-state index is 0.100. The average Bonchev–Trinajstić information content (AvgIpc) is 2.96. The van der Waals surface area contributed by atoms with Gasteiger partial charge in [0.05, 0.1) is 18.5 Å². The summed E-state index contributed by atoms with van der Waals surface area (Å²) < 4.78 is 7.25. The zero-order chi connectivity index (χ0) is 17.7. The summed E-state index contributed by atoms with van der Waals surface area (Å²) >= 11 is 0. The van der Waals surface area contributed by atoms with Crippen LogP contribution in [0, 0.1) is 5.92 Å². The van der Waals surface area contributed by atoms with Crippen LogP contribution in [0.15, 0.2) is 36.5 Å². The first-order valence-corrected chi connectivity index (χ1v) is 7.63. The number of para-hydroxylation sites is 1. The zero-order valence-corrected chi connectivity index (χ0v) is 14.0. The molecular formula is C17H21N3O4. The highest BCUT2D eigenvalue weighted by Gasteiger charge is 2.23. The van der Waals surface area contributed by atoms with E-state index in [1.165, 1.54) is 7.05 Å². The summed E-state index contributed by atoms with van der Waals surface area (Å²) in [6, 6.07) is 9.33. The number of aliphatic carboxylic acids is 1. The Morgan fingerprint density at radius 1 is 1.29 bits per heavy atom. The zero-order valence-electron chi connectivity index (χ0n) is 14.0. The van der Waals surface area contributed by atoms with Crippen LogP contribution in [0.1, 0.15) is 24.3 Å². The molecule has 0 fully saturated rings. The van der Waals surface area contributed by atoms with Gasteiger partial charge in [-0.05, 0) is 18.1 Å². The van der Waals surface area contributed by atoms with Gasteiger partial charge in [0.1, 0.15) is 6.54 Å². The summed E-state index contributed by atoms with van der Waals surface area (Å²) in [5.41, 5.74) is 0.884. The number of carboxylic acid groups (broad SMARTS) is 1. The third-order valence-electron chi connectivity index (χ3n) is 3.20. The summed E-state index contributed by atoms with van der Waals surface area (Å²) in [6.45, 7) is 4.03. The van der Waals surface area contributed by atoms with Crippen molar-refractivity contribution in [1.82, 2.24) is 14.7 Å². The lowest BCUT2D eigenvalue weighted by Gasteiger charge is -2.14. The highest BCUT2D eigenvalue weighted by molar-refractivity contribution is 5.96. The van der Waals surface area contributed by atoms with E-state index in [2.05, 4.69) is 5.10 Å². The van der Waals surface area contributed by atoms with E-state index >= 15 is 0 Å². The van der Waals surface area contributed by atoms with Gasteiger partial charge in [-0.15, -0.1) is 0 Å². The van der Waals surface area contributed by atoms with Crippen LogP contribution in [-0.4, -0.2) is 51.9 Å². The number of likely N-dealkylation sites (N-methyl/N-ethyl adjacent to an activating group) is 1. The molecule has 0 aliphatic carbocycles. The van der Waals surface area contributed by atoms with Gasteiger partial charge in [0.25, 0.3) is 5.91 Å². The number of carbonyl (C=O) groups is 2. The molecular weight excluding hydrogens is 310 g/mol. The van der Waals surface area contributed by atoms with E-state index in [0.29, 0.717) is 12.4 Å². The van der Waals surface area contributed by atoms with Crippen molar-refractivity contribution in [3.05, 3.63) is 42.2 Å². The highest BCUT2D eigenvalue weighted by Crippen LogP contribution is 2.22. The Morgan fingerprint density at radius 2 is 1.96 bits per heavy atom. The first-order valence-electron chi connectivity index (χ1n) is 7.63. The lowest BCUT2D eigenvalue weighted by molar-refractivity contribution is -0.137. The number of benzene rings is 1. The molecule has 1 N–H and O–H groups in total. The highest BCUT2D eigenvalue weighted by atomic mass is 16.5. The van der Waals surface area contributed by atoms with Gasteiger partial charge in [0.15, 0.2) is 11.4 Å². The normalized spacial score (nSPS) is 10.7. The number of carboxylic acids is 1. The maximum absolute atomic E-state index is 12.5. The molecule has 1 amide bonds. The van der Waals surface area contributed by atoms with Crippen LogP contribution in [0.5, 0.6) is 5.75 Å². The second kappa shape index (κ2) is 7.63. The van der Waals surface area contributed by atoms with Crippen LogP contribution < -0.4 is 4.74 Å². The fraction of sp³-hybridized carbons (Fsp3) is 0.353. The number of hydrogen-bond donors (Lipinski definition) is 1. The molecule has 2 rings (SSSR count). The molecule has 2 aromatic rings. The summed E-state index contributed by atoms with van der Waals surface area (Å²) in [7, 11) is 1.42. The van der Waals surface area contributed by atoms with Gasteiger partial charge in [-0.25, -0.2) is 4.68 Å². The van der Waals surface area contributed by atoms with E-state index in [1.54, 1.807) is 10.9 Å². The largest absolute Gasteiger partial charge is 0.489 e.